The number of hydrogen-bond donors (Lipinski definition) is 1. The lowest BCUT2D eigenvalue weighted by Gasteiger charge is -2.36. The van der Waals surface area contributed by atoms with Gasteiger partial charge in [0.15, 0.2) is 0 Å². The van der Waals surface area contributed by atoms with Gasteiger partial charge in [0.25, 0.3) is 0 Å². The summed E-state index contributed by atoms with van der Waals surface area (Å²) in [7, 11) is 0. The van der Waals surface area contributed by atoms with Crippen LogP contribution in [0.5, 0.6) is 0 Å². The number of anilines is 1. The quantitative estimate of drug-likeness (QED) is 0.781. The molecule has 0 aliphatic carbocycles. The SMILES string of the molecule is CC(C)CCNCCN1CCN(c2cccc(Cl)c2)CC1. The average Bonchev–Trinajstić information content (AvgIpc) is 2.47. The Hall–Kier alpha value is -0.770. The first-order valence-corrected chi connectivity index (χ1v) is 8.46. The van der Waals surface area contributed by atoms with Crippen LogP contribution in [0.25, 0.3) is 0 Å². The summed E-state index contributed by atoms with van der Waals surface area (Å²) in [6, 6.07) is 8.17. The normalized spacial score (nSPS) is 16.7. The summed E-state index contributed by atoms with van der Waals surface area (Å²) in [5.41, 5.74) is 1.25. The van der Waals surface area contributed by atoms with Gasteiger partial charge in [-0.1, -0.05) is 31.5 Å². The highest BCUT2D eigenvalue weighted by Crippen LogP contribution is 2.20. The fourth-order valence-electron chi connectivity index (χ4n) is 2.66. The van der Waals surface area contributed by atoms with Crippen LogP contribution >= 0.6 is 11.6 Å². The van der Waals surface area contributed by atoms with Crippen LogP contribution in [-0.2, 0) is 0 Å². The fourth-order valence-corrected chi connectivity index (χ4v) is 2.84. The molecule has 1 N–H and O–H groups in total. The largest absolute Gasteiger partial charge is 0.369 e. The van der Waals surface area contributed by atoms with Crippen molar-refractivity contribution in [3.63, 3.8) is 0 Å². The predicted molar refractivity (Wildman–Crippen MR) is 92.4 cm³/mol. The average molecular weight is 310 g/mol. The summed E-state index contributed by atoms with van der Waals surface area (Å²) in [5, 5.41) is 4.37. The molecule has 1 aromatic rings. The standard InChI is InChI=1S/C17H28ClN3/c1-15(2)6-7-19-8-9-20-10-12-21(13-11-20)17-5-3-4-16(18)14-17/h3-5,14-15,19H,6-13H2,1-2H3. The zero-order valence-corrected chi connectivity index (χ0v) is 14.1. The molecule has 1 aromatic carbocycles. The third-order valence-corrected chi connectivity index (χ3v) is 4.28. The molecular weight excluding hydrogens is 282 g/mol. The Morgan fingerprint density at radius 3 is 2.57 bits per heavy atom. The second kappa shape index (κ2) is 8.62. The molecule has 3 nitrogen and oxygen atoms in total. The van der Waals surface area contributed by atoms with Crippen molar-refractivity contribution in [3.05, 3.63) is 29.3 Å². The second-order valence-corrected chi connectivity index (χ2v) is 6.68. The molecule has 1 aliphatic heterocycles. The Labute approximate surface area is 134 Å². The van der Waals surface area contributed by atoms with Crippen LogP contribution in [0.3, 0.4) is 0 Å². The molecular formula is C17H28ClN3. The molecule has 2 rings (SSSR count). The minimum absolute atomic E-state index is 0.791. The minimum atomic E-state index is 0.791. The van der Waals surface area contributed by atoms with Crippen molar-refractivity contribution < 1.29 is 0 Å². The molecule has 0 spiro atoms. The maximum absolute atomic E-state index is 6.07. The van der Waals surface area contributed by atoms with Crippen molar-refractivity contribution in [3.8, 4) is 0 Å². The summed E-state index contributed by atoms with van der Waals surface area (Å²) in [4.78, 5) is 4.97. The molecule has 21 heavy (non-hydrogen) atoms. The Kier molecular flexibility index (Phi) is 6.81. The van der Waals surface area contributed by atoms with Crippen molar-refractivity contribution in [1.82, 2.24) is 10.2 Å². The number of nitrogens with one attached hydrogen (secondary N) is 1. The van der Waals surface area contributed by atoms with Crippen molar-refractivity contribution in [1.29, 1.82) is 0 Å². The van der Waals surface area contributed by atoms with Gasteiger partial charge >= 0.3 is 0 Å². The van der Waals surface area contributed by atoms with Crippen LogP contribution in [-0.4, -0.2) is 50.7 Å². The van der Waals surface area contributed by atoms with Gasteiger partial charge in [-0.05, 0) is 37.1 Å². The maximum atomic E-state index is 6.07. The van der Waals surface area contributed by atoms with E-state index in [9.17, 15) is 0 Å². The van der Waals surface area contributed by atoms with Crippen molar-refractivity contribution in [2.24, 2.45) is 5.92 Å². The molecule has 1 saturated heterocycles. The second-order valence-electron chi connectivity index (χ2n) is 6.24. The number of halogens is 1. The molecule has 0 bridgehead atoms. The van der Waals surface area contributed by atoms with Gasteiger partial charge in [0.2, 0.25) is 0 Å². The summed E-state index contributed by atoms with van der Waals surface area (Å²) >= 11 is 6.07. The van der Waals surface area contributed by atoms with Gasteiger partial charge in [0, 0.05) is 50.0 Å². The number of hydrogen-bond acceptors (Lipinski definition) is 3. The number of piperazine rings is 1. The molecule has 118 valence electrons. The highest BCUT2D eigenvalue weighted by atomic mass is 35.5. The first-order valence-electron chi connectivity index (χ1n) is 8.09. The van der Waals surface area contributed by atoms with E-state index >= 15 is 0 Å². The van der Waals surface area contributed by atoms with E-state index in [4.69, 9.17) is 11.6 Å². The first-order chi connectivity index (χ1) is 10.1. The van der Waals surface area contributed by atoms with Crippen LogP contribution in [0.15, 0.2) is 24.3 Å². The highest BCUT2D eigenvalue weighted by molar-refractivity contribution is 6.30. The molecule has 1 fully saturated rings. The number of benzene rings is 1. The fraction of sp³-hybridized carbons (Fsp3) is 0.647. The zero-order valence-electron chi connectivity index (χ0n) is 13.3. The van der Waals surface area contributed by atoms with E-state index in [-0.39, 0.29) is 0 Å². The first kappa shape index (κ1) is 16.6. The van der Waals surface area contributed by atoms with Crippen molar-refractivity contribution >= 4 is 17.3 Å². The van der Waals surface area contributed by atoms with E-state index < -0.39 is 0 Å². The monoisotopic (exact) mass is 309 g/mol. The van der Waals surface area contributed by atoms with E-state index in [1.807, 2.05) is 12.1 Å². The third-order valence-electron chi connectivity index (χ3n) is 4.05. The van der Waals surface area contributed by atoms with Crippen LogP contribution in [0, 0.1) is 5.92 Å². The van der Waals surface area contributed by atoms with Crippen molar-refractivity contribution in [2.75, 3.05) is 50.7 Å². The molecule has 0 amide bonds. The van der Waals surface area contributed by atoms with Crippen molar-refractivity contribution in [2.45, 2.75) is 20.3 Å². The lowest BCUT2D eigenvalue weighted by Crippen LogP contribution is -2.48. The van der Waals surface area contributed by atoms with E-state index in [1.54, 1.807) is 0 Å². The van der Waals surface area contributed by atoms with Gasteiger partial charge in [-0.3, -0.25) is 4.90 Å². The van der Waals surface area contributed by atoms with E-state index in [0.29, 0.717) is 0 Å². The maximum Gasteiger partial charge on any atom is 0.0426 e. The lowest BCUT2D eigenvalue weighted by molar-refractivity contribution is 0.257. The van der Waals surface area contributed by atoms with E-state index in [2.05, 4.69) is 41.1 Å². The summed E-state index contributed by atoms with van der Waals surface area (Å²) in [6.07, 6.45) is 1.27. The molecule has 4 heteroatoms. The molecule has 0 radical (unpaired) electrons. The van der Waals surface area contributed by atoms with Gasteiger partial charge in [0.05, 0.1) is 0 Å². The topological polar surface area (TPSA) is 18.5 Å². The van der Waals surface area contributed by atoms with Crippen LogP contribution in [0.4, 0.5) is 5.69 Å². The molecule has 0 aromatic heterocycles. The Balaban J connectivity index is 1.64. The van der Waals surface area contributed by atoms with Gasteiger partial charge in [-0.15, -0.1) is 0 Å². The third kappa shape index (κ3) is 5.85. The van der Waals surface area contributed by atoms with Gasteiger partial charge < -0.3 is 10.2 Å². The molecule has 1 aliphatic rings. The summed E-state index contributed by atoms with van der Waals surface area (Å²) in [5.74, 6) is 0.791. The zero-order chi connectivity index (χ0) is 15.1. The van der Waals surface area contributed by atoms with Crippen LogP contribution in [0.2, 0.25) is 5.02 Å². The minimum Gasteiger partial charge on any atom is -0.369 e. The molecule has 1 heterocycles. The molecule has 0 saturated carbocycles. The molecule has 0 atom stereocenters. The Morgan fingerprint density at radius 1 is 1.14 bits per heavy atom. The predicted octanol–water partition coefficient (Wildman–Crippen LogP) is 3.10. The van der Waals surface area contributed by atoms with Gasteiger partial charge in [0.1, 0.15) is 0 Å². The van der Waals surface area contributed by atoms with Crippen LogP contribution in [0.1, 0.15) is 20.3 Å². The van der Waals surface area contributed by atoms with Crippen LogP contribution < -0.4 is 10.2 Å². The smallest absolute Gasteiger partial charge is 0.0426 e. The number of nitrogens with zero attached hydrogens (tertiary/aromatic N) is 2. The lowest BCUT2D eigenvalue weighted by atomic mass is 10.1. The van der Waals surface area contributed by atoms with Gasteiger partial charge in [-0.2, -0.15) is 0 Å². The van der Waals surface area contributed by atoms with E-state index in [0.717, 1.165) is 56.8 Å². The Morgan fingerprint density at radius 2 is 1.90 bits per heavy atom. The Bertz CT molecular complexity index is 414. The number of rotatable bonds is 7. The summed E-state index contributed by atoms with van der Waals surface area (Å²) < 4.78 is 0. The highest BCUT2D eigenvalue weighted by Gasteiger charge is 2.16. The summed E-state index contributed by atoms with van der Waals surface area (Å²) in [6.45, 7) is 12.4. The van der Waals surface area contributed by atoms with Gasteiger partial charge in [-0.25, -0.2) is 0 Å². The van der Waals surface area contributed by atoms with E-state index in [1.165, 1.54) is 12.1 Å². The molecule has 0 unspecified atom stereocenters.